The number of likely N-dealkylation sites (tertiary alicyclic amines) is 1. The Bertz CT molecular complexity index is 812. The maximum atomic E-state index is 12.5. The summed E-state index contributed by atoms with van der Waals surface area (Å²) in [5.41, 5.74) is 1.86. The molecule has 1 saturated heterocycles. The van der Waals surface area contributed by atoms with E-state index in [4.69, 9.17) is 4.74 Å². The zero-order valence-corrected chi connectivity index (χ0v) is 15.9. The van der Waals surface area contributed by atoms with E-state index in [-0.39, 0.29) is 25.0 Å². The zero-order valence-electron chi connectivity index (χ0n) is 15.9. The fraction of sp³-hybridized carbons (Fsp3) is 0.381. The van der Waals surface area contributed by atoms with Gasteiger partial charge in [0.15, 0.2) is 0 Å². The number of hydrogen-bond acceptors (Lipinski definition) is 4. The number of carboxylic acid groups (broad SMARTS) is 1. The number of rotatable bonds is 6. The summed E-state index contributed by atoms with van der Waals surface area (Å²) in [5.74, 6) is -0.594. The molecule has 0 aliphatic carbocycles. The molecule has 0 radical (unpaired) electrons. The maximum absolute atomic E-state index is 12.5. The van der Waals surface area contributed by atoms with E-state index in [9.17, 15) is 14.7 Å². The molecular weight excluding hydrogens is 358 g/mol. The van der Waals surface area contributed by atoms with Crippen LogP contribution in [-0.4, -0.2) is 40.1 Å². The van der Waals surface area contributed by atoms with Crippen LogP contribution in [0.4, 0.5) is 4.79 Å². The second-order valence-corrected chi connectivity index (χ2v) is 7.20. The minimum Gasteiger partial charge on any atom is -0.487 e. The highest BCUT2D eigenvalue weighted by molar-refractivity contribution is 5.76. The van der Waals surface area contributed by atoms with Gasteiger partial charge in [-0.1, -0.05) is 37.3 Å². The number of carboxylic acids is 1. The van der Waals surface area contributed by atoms with E-state index in [1.165, 1.54) is 0 Å². The molecule has 2 amide bonds. The number of amides is 2. The van der Waals surface area contributed by atoms with Gasteiger partial charge in [-0.3, -0.25) is 9.78 Å². The smallest absolute Gasteiger partial charge is 0.317 e. The van der Waals surface area contributed by atoms with Crippen molar-refractivity contribution in [2.24, 2.45) is 11.8 Å². The molecule has 1 aromatic heterocycles. The Morgan fingerprint density at radius 3 is 2.79 bits per heavy atom. The van der Waals surface area contributed by atoms with Crippen molar-refractivity contribution < 1.29 is 19.4 Å². The molecule has 0 bridgehead atoms. The minimum absolute atomic E-state index is 0.159. The lowest BCUT2D eigenvalue weighted by molar-refractivity contribution is -0.143. The molecule has 1 aliphatic heterocycles. The fourth-order valence-corrected chi connectivity index (χ4v) is 3.40. The third kappa shape index (κ3) is 5.22. The summed E-state index contributed by atoms with van der Waals surface area (Å²) in [6.45, 7) is 3.46. The number of piperidine rings is 1. The summed E-state index contributed by atoms with van der Waals surface area (Å²) >= 11 is 0. The second kappa shape index (κ2) is 9.21. The van der Waals surface area contributed by atoms with Gasteiger partial charge in [-0.2, -0.15) is 0 Å². The Hall–Kier alpha value is -3.09. The molecule has 1 aliphatic rings. The molecule has 7 heteroatoms. The molecule has 2 heterocycles. The van der Waals surface area contributed by atoms with Gasteiger partial charge in [-0.25, -0.2) is 4.79 Å². The topological polar surface area (TPSA) is 91.8 Å². The largest absolute Gasteiger partial charge is 0.487 e. The molecule has 1 aromatic carbocycles. The number of urea groups is 1. The molecule has 0 saturated carbocycles. The number of pyridine rings is 1. The van der Waals surface area contributed by atoms with Crippen LogP contribution < -0.4 is 10.1 Å². The number of ether oxygens (including phenoxy) is 1. The number of hydrogen-bond donors (Lipinski definition) is 2. The fourth-order valence-electron chi connectivity index (χ4n) is 3.40. The molecule has 1 fully saturated rings. The van der Waals surface area contributed by atoms with Crippen LogP contribution in [0.15, 0.2) is 48.8 Å². The number of benzene rings is 1. The average Bonchev–Trinajstić information content (AvgIpc) is 2.71. The number of nitrogens with zero attached hydrogens (tertiary/aromatic N) is 2. The molecular formula is C21H25N3O4. The van der Waals surface area contributed by atoms with Crippen molar-refractivity contribution in [1.82, 2.24) is 15.2 Å². The van der Waals surface area contributed by atoms with Gasteiger partial charge in [0.25, 0.3) is 0 Å². The van der Waals surface area contributed by atoms with Crippen LogP contribution >= 0.6 is 0 Å². The molecule has 0 spiro atoms. The van der Waals surface area contributed by atoms with Crippen LogP contribution in [0, 0.1) is 11.8 Å². The van der Waals surface area contributed by atoms with E-state index < -0.39 is 11.9 Å². The number of aromatic nitrogens is 1. The molecule has 3 rings (SSSR count). The lowest BCUT2D eigenvalue weighted by atomic mass is 9.91. The summed E-state index contributed by atoms with van der Waals surface area (Å²) in [5, 5.41) is 12.1. The zero-order chi connectivity index (χ0) is 19.9. The second-order valence-electron chi connectivity index (χ2n) is 7.20. The number of nitrogens with one attached hydrogen (secondary N) is 1. The number of carbonyl (C=O) groups is 2. The Labute approximate surface area is 164 Å². The normalized spacial score (nSPS) is 19.1. The molecule has 2 aromatic rings. The van der Waals surface area contributed by atoms with Crippen molar-refractivity contribution in [2.45, 2.75) is 26.5 Å². The number of carbonyl (C=O) groups excluding carboxylic acids is 1. The van der Waals surface area contributed by atoms with E-state index in [1.54, 1.807) is 23.4 Å². The first-order valence-electron chi connectivity index (χ1n) is 9.38. The van der Waals surface area contributed by atoms with Gasteiger partial charge < -0.3 is 20.1 Å². The summed E-state index contributed by atoms with van der Waals surface area (Å²) in [6, 6.07) is 11.4. The van der Waals surface area contributed by atoms with Crippen molar-refractivity contribution in [3.63, 3.8) is 0 Å². The van der Waals surface area contributed by atoms with Crippen molar-refractivity contribution in [3.05, 3.63) is 59.9 Å². The van der Waals surface area contributed by atoms with E-state index in [1.807, 2.05) is 37.3 Å². The van der Waals surface area contributed by atoms with Crippen LogP contribution in [-0.2, 0) is 17.9 Å². The molecule has 2 atom stereocenters. The molecule has 148 valence electrons. The van der Waals surface area contributed by atoms with E-state index in [0.29, 0.717) is 25.3 Å². The highest BCUT2D eigenvalue weighted by Crippen LogP contribution is 2.22. The standard InChI is InChI=1S/C21H25N3O4/c1-15-9-18(20(25)26)13-24(12-15)21(27)23-10-17-7-8-22-11-19(17)28-14-16-5-3-2-4-6-16/h2-8,11,15,18H,9-10,12-14H2,1H3,(H,23,27)(H,25,26). The first-order valence-corrected chi connectivity index (χ1v) is 9.38. The number of aliphatic carboxylic acids is 1. The molecule has 2 N–H and O–H groups in total. The van der Waals surface area contributed by atoms with Crippen molar-refractivity contribution in [2.75, 3.05) is 13.1 Å². The predicted molar refractivity (Wildman–Crippen MR) is 104 cm³/mol. The summed E-state index contributed by atoms with van der Waals surface area (Å²) < 4.78 is 5.86. The summed E-state index contributed by atoms with van der Waals surface area (Å²) in [7, 11) is 0. The Balaban J connectivity index is 1.58. The first-order chi connectivity index (χ1) is 13.5. The lowest BCUT2D eigenvalue weighted by Crippen LogP contribution is -2.49. The first kappa shape index (κ1) is 19.7. The van der Waals surface area contributed by atoms with Crippen LogP contribution in [0.3, 0.4) is 0 Å². The third-order valence-electron chi connectivity index (χ3n) is 4.83. The van der Waals surface area contributed by atoms with Crippen molar-refractivity contribution in [1.29, 1.82) is 0 Å². The average molecular weight is 383 g/mol. The Kier molecular flexibility index (Phi) is 6.47. The minimum atomic E-state index is -0.852. The SMILES string of the molecule is CC1CC(C(=O)O)CN(C(=O)NCc2ccncc2OCc2ccccc2)C1. The van der Waals surface area contributed by atoms with Gasteiger partial charge in [-0.05, 0) is 24.0 Å². The van der Waals surface area contributed by atoms with E-state index >= 15 is 0 Å². The van der Waals surface area contributed by atoms with Crippen LogP contribution in [0.2, 0.25) is 0 Å². The van der Waals surface area contributed by atoms with Gasteiger partial charge in [-0.15, -0.1) is 0 Å². The highest BCUT2D eigenvalue weighted by Gasteiger charge is 2.31. The van der Waals surface area contributed by atoms with E-state index in [0.717, 1.165) is 11.1 Å². The van der Waals surface area contributed by atoms with Gasteiger partial charge in [0, 0.05) is 31.4 Å². The van der Waals surface area contributed by atoms with Crippen LogP contribution in [0.25, 0.3) is 0 Å². The van der Waals surface area contributed by atoms with Crippen molar-refractivity contribution in [3.8, 4) is 5.75 Å². The van der Waals surface area contributed by atoms with Gasteiger partial charge in [0.05, 0.1) is 12.1 Å². The van der Waals surface area contributed by atoms with Gasteiger partial charge >= 0.3 is 12.0 Å². The van der Waals surface area contributed by atoms with Crippen LogP contribution in [0.5, 0.6) is 5.75 Å². The van der Waals surface area contributed by atoms with Gasteiger partial charge in [0.1, 0.15) is 12.4 Å². The molecule has 7 nitrogen and oxygen atoms in total. The Morgan fingerprint density at radius 2 is 2.04 bits per heavy atom. The monoisotopic (exact) mass is 383 g/mol. The summed E-state index contributed by atoms with van der Waals surface area (Å²) in [6.07, 6.45) is 3.88. The quantitative estimate of drug-likeness (QED) is 0.800. The van der Waals surface area contributed by atoms with Crippen molar-refractivity contribution >= 4 is 12.0 Å². The highest BCUT2D eigenvalue weighted by atomic mass is 16.5. The predicted octanol–water partition coefficient (Wildman–Crippen LogP) is 2.91. The lowest BCUT2D eigenvalue weighted by Gasteiger charge is -2.34. The maximum Gasteiger partial charge on any atom is 0.317 e. The van der Waals surface area contributed by atoms with E-state index in [2.05, 4.69) is 10.3 Å². The Morgan fingerprint density at radius 1 is 1.25 bits per heavy atom. The molecule has 28 heavy (non-hydrogen) atoms. The van der Waals surface area contributed by atoms with Crippen LogP contribution in [0.1, 0.15) is 24.5 Å². The van der Waals surface area contributed by atoms with Gasteiger partial charge in [0.2, 0.25) is 0 Å². The third-order valence-corrected chi connectivity index (χ3v) is 4.83. The summed E-state index contributed by atoms with van der Waals surface area (Å²) in [4.78, 5) is 29.5. The molecule has 2 unspecified atom stereocenters.